The number of aryl methyl sites for hydroxylation is 1. The van der Waals surface area contributed by atoms with Crippen LogP contribution in [0.3, 0.4) is 0 Å². The number of amides is 1. The van der Waals surface area contributed by atoms with E-state index in [1.54, 1.807) is 0 Å². The van der Waals surface area contributed by atoms with Gasteiger partial charge in [0.1, 0.15) is 0 Å². The molecule has 0 spiro atoms. The quantitative estimate of drug-likeness (QED) is 0.771. The molecule has 1 aromatic rings. The second-order valence-electron chi connectivity index (χ2n) is 4.81. The van der Waals surface area contributed by atoms with Gasteiger partial charge in [0.2, 0.25) is 5.91 Å². The number of hydrogen-bond donors (Lipinski definition) is 2. The molecule has 20 heavy (non-hydrogen) atoms. The molecule has 1 aromatic heterocycles. The number of carbonyl (C=O) groups excluding carboxylic acids is 1. The minimum absolute atomic E-state index is 0.0451. The molecule has 0 unspecified atom stereocenters. The summed E-state index contributed by atoms with van der Waals surface area (Å²) in [6, 6.07) is 3.72. The largest absolute Gasteiger partial charge is 0.481 e. The number of carboxylic acids is 1. The van der Waals surface area contributed by atoms with Gasteiger partial charge in [0.05, 0.1) is 10.8 Å². The monoisotopic (exact) mass is 317 g/mol. The molecule has 0 aliphatic rings. The van der Waals surface area contributed by atoms with Crippen LogP contribution in [0.5, 0.6) is 0 Å². The first-order chi connectivity index (χ1) is 9.40. The SMILES string of the molecule is CCC(CC)(CC(=O)O)NC(=O)CCc1ccc(Cl)s1. The molecule has 112 valence electrons. The third-order valence-corrected chi connectivity index (χ3v) is 4.77. The first-order valence-electron chi connectivity index (χ1n) is 6.68. The molecule has 6 heteroatoms. The van der Waals surface area contributed by atoms with Crippen molar-refractivity contribution in [3.8, 4) is 0 Å². The Labute approximate surface area is 128 Å². The number of thiophene rings is 1. The Morgan fingerprint density at radius 3 is 2.45 bits per heavy atom. The van der Waals surface area contributed by atoms with Gasteiger partial charge in [-0.3, -0.25) is 9.59 Å². The zero-order valence-corrected chi connectivity index (χ0v) is 13.3. The average molecular weight is 318 g/mol. The zero-order chi connectivity index (χ0) is 15.2. The molecule has 0 saturated heterocycles. The standard InChI is InChI=1S/C14H20ClNO3S/c1-3-14(4-2,9-13(18)19)16-12(17)8-6-10-5-7-11(15)20-10/h5,7H,3-4,6,8-9H2,1-2H3,(H,16,17)(H,18,19). The summed E-state index contributed by atoms with van der Waals surface area (Å²) in [5.41, 5.74) is -0.643. The second kappa shape index (κ2) is 7.64. The highest BCUT2D eigenvalue weighted by atomic mass is 35.5. The second-order valence-corrected chi connectivity index (χ2v) is 6.61. The fourth-order valence-electron chi connectivity index (χ4n) is 2.09. The fourth-order valence-corrected chi connectivity index (χ4v) is 3.18. The van der Waals surface area contributed by atoms with Crippen LogP contribution >= 0.6 is 22.9 Å². The summed E-state index contributed by atoms with van der Waals surface area (Å²) >= 11 is 7.30. The van der Waals surface area contributed by atoms with Gasteiger partial charge in [-0.15, -0.1) is 11.3 Å². The van der Waals surface area contributed by atoms with Gasteiger partial charge in [-0.05, 0) is 31.4 Å². The van der Waals surface area contributed by atoms with Gasteiger partial charge in [0, 0.05) is 16.8 Å². The van der Waals surface area contributed by atoms with Crippen molar-refractivity contribution in [3.05, 3.63) is 21.3 Å². The van der Waals surface area contributed by atoms with Crippen LogP contribution in [0.2, 0.25) is 4.34 Å². The lowest BCUT2D eigenvalue weighted by Crippen LogP contribution is -2.49. The Kier molecular flexibility index (Phi) is 6.49. The van der Waals surface area contributed by atoms with Crippen molar-refractivity contribution in [1.29, 1.82) is 0 Å². The van der Waals surface area contributed by atoms with Crippen molar-refractivity contribution >= 4 is 34.8 Å². The summed E-state index contributed by atoms with van der Waals surface area (Å²) in [6.45, 7) is 3.79. The highest BCUT2D eigenvalue weighted by molar-refractivity contribution is 7.16. The van der Waals surface area contributed by atoms with E-state index < -0.39 is 11.5 Å². The molecule has 0 aliphatic carbocycles. The summed E-state index contributed by atoms with van der Waals surface area (Å²) in [4.78, 5) is 24.0. The van der Waals surface area contributed by atoms with E-state index in [9.17, 15) is 9.59 Å². The molecule has 0 saturated carbocycles. The molecule has 0 bridgehead atoms. The molecular formula is C14H20ClNO3S. The number of carbonyl (C=O) groups is 2. The van der Waals surface area contributed by atoms with Gasteiger partial charge in [-0.25, -0.2) is 0 Å². The minimum atomic E-state index is -0.890. The number of aliphatic carboxylic acids is 1. The fraction of sp³-hybridized carbons (Fsp3) is 0.571. The molecule has 1 amide bonds. The Hall–Kier alpha value is -1.07. The lowest BCUT2D eigenvalue weighted by molar-refractivity contribution is -0.139. The maximum Gasteiger partial charge on any atom is 0.305 e. The van der Waals surface area contributed by atoms with Crippen molar-refractivity contribution < 1.29 is 14.7 Å². The molecule has 0 fully saturated rings. The molecule has 1 rings (SSSR count). The van der Waals surface area contributed by atoms with Gasteiger partial charge in [-0.1, -0.05) is 25.4 Å². The van der Waals surface area contributed by atoms with Gasteiger partial charge in [-0.2, -0.15) is 0 Å². The van der Waals surface area contributed by atoms with Crippen LogP contribution in [0.1, 0.15) is 44.4 Å². The van der Waals surface area contributed by atoms with Crippen LogP contribution in [-0.2, 0) is 16.0 Å². The van der Waals surface area contributed by atoms with Crippen molar-refractivity contribution in [2.45, 2.75) is 51.5 Å². The lowest BCUT2D eigenvalue weighted by atomic mass is 9.88. The Bertz CT molecular complexity index is 469. The third kappa shape index (κ3) is 5.13. The van der Waals surface area contributed by atoms with Gasteiger partial charge < -0.3 is 10.4 Å². The number of carboxylic acid groups (broad SMARTS) is 1. The molecule has 0 atom stereocenters. The number of halogens is 1. The lowest BCUT2D eigenvalue weighted by Gasteiger charge is -2.31. The first kappa shape index (κ1) is 17.0. The Morgan fingerprint density at radius 2 is 2.00 bits per heavy atom. The zero-order valence-electron chi connectivity index (χ0n) is 11.7. The minimum Gasteiger partial charge on any atom is -0.481 e. The maximum atomic E-state index is 12.0. The van der Waals surface area contributed by atoms with Crippen LogP contribution in [0.15, 0.2) is 12.1 Å². The summed E-state index contributed by atoms with van der Waals surface area (Å²) in [7, 11) is 0. The topological polar surface area (TPSA) is 66.4 Å². The Balaban J connectivity index is 2.55. The highest BCUT2D eigenvalue weighted by Gasteiger charge is 2.30. The van der Waals surface area contributed by atoms with E-state index in [4.69, 9.17) is 16.7 Å². The summed E-state index contributed by atoms with van der Waals surface area (Å²) < 4.78 is 0.711. The summed E-state index contributed by atoms with van der Waals surface area (Å²) in [5.74, 6) is -1.00. The van der Waals surface area contributed by atoms with Crippen LogP contribution in [-0.4, -0.2) is 22.5 Å². The van der Waals surface area contributed by atoms with Crippen LogP contribution in [0.25, 0.3) is 0 Å². The molecule has 4 nitrogen and oxygen atoms in total. The van der Waals surface area contributed by atoms with Crippen molar-refractivity contribution in [3.63, 3.8) is 0 Å². The number of rotatable bonds is 8. The molecule has 2 N–H and O–H groups in total. The van der Waals surface area contributed by atoms with Gasteiger partial charge in [0.25, 0.3) is 0 Å². The molecule has 0 radical (unpaired) electrons. The van der Waals surface area contributed by atoms with Crippen molar-refractivity contribution in [2.24, 2.45) is 0 Å². The average Bonchev–Trinajstić information content (AvgIpc) is 2.81. The molecule has 1 heterocycles. The number of nitrogens with one attached hydrogen (secondary N) is 1. The predicted molar refractivity (Wildman–Crippen MR) is 81.4 cm³/mol. The van der Waals surface area contributed by atoms with E-state index >= 15 is 0 Å². The highest BCUT2D eigenvalue weighted by Crippen LogP contribution is 2.23. The molecule has 0 aromatic carbocycles. The molecule has 0 aliphatic heterocycles. The summed E-state index contributed by atoms with van der Waals surface area (Å²) in [6.07, 6.45) is 2.13. The maximum absolute atomic E-state index is 12.0. The normalized spacial score (nSPS) is 11.3. The van der Waals surface area contributed by atoms with Crippen molar-refractivity contribution in [2.75, 3.05) is 0 Å². The van der Waals surface area contributed by atoms with Gasteiger partial charge >= 0.3 is 5.97 Å². The van der Waals surface area contributed by atoms with E-state index in [2.05, 4.69) is 5.32 Å². The predicted octanol–water partition coefficient (Wildman–Crippen LogP) is 3.48. The van der Waals surface area contributed by atoms with E-state index in [-0.39, 0.29) is 12.3 Å². The van der Waals surface area contributed by atoms with Gasteiger partial charge in [0.15, 0.2) is 0 Å². The van der Waals surface area contributed by atoms with Crippen LogP contribution < -0.4 is 5.32 Å². The molecular weight excluding hydrogens is 298 g/mol. The Morgan fingerprint density at radius 1 is 1.35 bits per heavy atom. The van der Waals surface area contributed by atoms with Crippen LogP contribution in [0, 0.1) is 0 Å². The van der Waals surface area contributed by atoms with Crippen molar-refractivity contribution in [1.82, 2.24) is 5.32 Å². The summed E-state index contributed by atoms with van der Waals surface area (Å²) in [5, 5.41) is 11.9. The number of hydrogen-bond acceptors (Lipinski definition) is 3. The first-order valence-corrected chi connectivity index (χ1v) is 7.87. The van der Waals surface area contributed by atoms with E-state index in [1.807, 2.05) is 26.0 Å². The van der Waals surface area contributed by atoms with E-state index in [0.717, 1.165) is 4.88 Å². The smallest absolute Gasteiger partial charge is 0.305 e. The van der Waals surface area contributed by atoms with E-state index in [0.29, 0.717) is 30.0 Å². The van der Waals surface area contributed by atoms with Crippen LogP contribution in [0.4, 0.5) is 0 Å². The third-order valence-electron chi connectivity index (χ3n) is 3.48. The van der Waals surface area contributed by atoms with E-state index in [1.165, 1.54) is 11.3 Å².